The van der Waals surface area contributed by atoms with Crippen LogP contribution < -0.4 is 4.74 Å². The number of phenols is 1. The second kappa shape index (κ2) is 6.13. The molecular weight excluding hydrogens is 316 g/mol. The van der Waals surface area contributed by atoms with Crippen molar-refractivity contribution in [1.82, 2.24) is 0 Å². The van der Waals surface area contributed by atoms with Gasteiger partial charge in [0.25, 0.3) is 0 Å². The topological polar surface area (TPSA) is 59.7 Å². The predicted octanol–water partition coefficient (Wildman–Crippen LogP) is 4.57. The molecule has 1 heterocycles. The first-order chi connectivity index (χ1) is 12.2. The lowest BCUT2D eigenvalue weighted by atomic mass is 9.83. The van der Waals surface area contributed by atoms with Gasteiger partial charge in [0.05, 0.1) is 18.2 Å². The molecule has 1 aromatic heterocycles. The summed E-state index contributed by atoms with van der Waals surface area (Å²) in [5, 5.41) is 10.0. The summed E-state index contributed by atoms with van der Waals surface area (Å²) in [5.74, 6) is 2.34. The number of ketones is 1. The molecule has 0 amide bonds. The maximum atomic E-state index is 12.6. The van der Waals surface area contributed by atoms with E-state index in [9.17, 15) is 9.90 Å². The lowest BCUT2D eigenvalue weighted by Crippen LogP contribution is -2.17. The van der Waals surface area contributed by atoms with Crippen LogP contribution in [0.25, 0.3) is 11.3 Å². The Bertz CT molecular complexity index is 921. The number of fused-ring (bicyclic) bond motifs is 1. The van der Waals surface area contributed by atoms with Gasteiger partial charge in [-0.3, -0.25) is 4.79 Å². The van der Waals surface area contributed by atoms with Crippen LogP contribution in [0, 0.1) is 0 Å². The first kappa shape index (κ1) is 15.5. The van der Waals surface area contributed by atoms with Gasteiger partial charge in [-0.1, -0.05) is 24.3 Å². The largest absolute Gasteiger partial charge is 0.507 e. The molecule has 1 aliphatic rings. The van der Waals surface area contributed by atoms with E-state index in [4.69, 9.17) is 9.15 Å². The zero-order valence-electron chi connectivity index (χ0n) is 13.9. The van der Waals surface area contributed by atoms with Crippen molar-refractivity contribution in [2.75, 3.05) is 7.11 Å². The Labute approximate surface area is 145 Å². The molecule has 0 radical (unpaired) electrons. The minimum atomic E-state index is 0.0764. The minimum absolute atomic E-state index is 0.0764. The number of ether oxygens (including phenoxy) is 1. The summed E-state index contributed by atoms with van der Waals surface area (Å²) < 4.78 is 11.1. The normalized spacial score (nSPS) is 16.5. The number of para-hydroxylation sites is 1. The highest BCUT2D eigenvalue weighted by Gasteiger charge is 2.30. The van der Waals surface area contributed by atoms with E-state index in [1.807, 2.05) is 30.3 Å². The van der Waals surface area contributed by atoms with Gasteiger partial charge in [-0.25, -0.2) is 0 Å². The standard InChI is InChI=1S/C21H18O4/c1-24-15-8-6-13(7-9-15)14-10-19(23)17-12-21(25-20(17)11-14)16-4-2-3-5-18(16)22/h2-9,12,14,22H,10-11H2,1H3. The first-order valence-electron chi connectivity index (χ1n) is 8.24. The molecule has 4 rings (SSSR count). The summed E-state index contributed by atoms with van der Waals surface area (Å²) in [4.78, 5) is 12.6. The molecule has 126 valence electrons. The van der Waals surface area contributed by atoms with Gasteiger partial charge in [-0.15, -0.1) is 0 Å². The molecule has 4 heteroatoms. The molecule has 25 heavy (non-hydrogen) atoms. The molecule has 0 spiro atoms. The van der Waals surface area contributed by atoms with Gasteiger partial charge >= 0.3 is 0 Å². The second-order valence-corrected chi connectivity index (χ2v) is 6.27. The smallest absolute Gasteiger partial charge is 0.167 e. The fourth-order valence-corrected chi connectivity index (χ4v) is 3.37. The third-order valence-electron chi connectivity index (χ3n) is 4.73. The van der Waals surface area contributed by atoms with Gasteiger partial charge in [-0.05, 0) is 41.8 Å². The average molecular weight is 334 g/mol. The zero-order chi connectivity index (χ0) is 17.4. The van der Waals surface area contributed by atoms with Crippen LogP contribution >= 0.6 is 0 Å². The van der Waals surface area contributed by atoms with E-state index in [2.05, 4.69) is 0 Å². The van der Waals surface area contributed by atoms with Gasteiger partial charge in [-0.2, -0.15) is 0 Å². The van der Waals surface area contributed by atoms with Crippen molar-refractivity contribution in [2.45, 2.75) is 18.8 Å². The number of carbonyl (C=O) groups is 1. The molecule has 0 bridgehead atoms. The predicted molar refractivity (Wildman–Crippen MR) is 94.2 cm³/mol. The van der Waals surface area contributed by atoms with Crippen LogP contribution in [0.5, 0.6) is 11.5 Å². The molecule has 2 aromatic carbocycles. The van der Waals surface area contributed by atoms with E-state index in [0.717, 1.165) is 11.3 Å². The summed E-state index contributed by atoms with van der Waals surface area (Å²) in [6.07, 6.45) is 1.13. The first-order valence-corrected chi connectivity index (χ1v) is 8.24. The number of benzene rings is 2. The zero-order valence-corrected chi connectivity index (χ0v) is 13.9. The van der Waals surface area contributed by atoms with Crippen LogP contribution in [-0.4, -0.2) is 18.0 Å². The van der Waals surface area contributed by atoms with Gasteiger partial charge < -0.3 is 14.3 Å². The second-order valence-electron chi connectivity index (χ2n) is 6.27. The van der Waals surface area contributed by atoms with Crippen molar-refractivity contribution in [3.05, 3.63) is 71.5 Å². The Balaban J connectivity index is 1.66. The molecular formula is C21H18O4. The third kappa shape index (κ3) is 2.80. The Morgan fingerprint density at radius 1 is 1.04 bits per heavy atom. The number of furan rings is 1. The molecule has 0 saturated carbocycles. The highest BCUT2D eigenvalue weighted by molar-refractivity contribution is 5.99. The van der Waals surface area contributed by atoms with Crippen molar-refractivity contribution in [1.29, 1.82) is 0 Å². The molecule has 0 saturated heterocycles. The Hall–Kier alpha value is -3.01. The van der Waals surface area contributed by atoms with E-state index < -0.39 is 0 Å². The third-order valence-corrected chi connectivity index (χ3v) is 4.73. The van der Waals surface area contributed by atoms with E-state index in [0.29, 0.717) is 35.5 Å². The van der Waals surface area contributed by atoms with Crippen LogP contribution in [0.3, 0.4) is 0 Å². The van der Waals surface area contributed by atoms with E-state index in [1.165, 1.54) is 0 Å². The van der Waals surface area contributed by atoms with Crippen LogP contribution in [-0.2, 0) is 6.42 Å². The van der Waals surface area contributed by atoms with Crippen molar-refractivity contribution >= 4 is 5.78 Å². The Morgan fingerprint density at radius 2 is 1.80 bits per heavy atom. The van der Waals surface area contributed by atoms with Gasteiger partial charge in [0.2, 0.25) is 0 Å². The number of phenolic OH excluding ortho intramolecular Hbond substituents is 1. The SMILES string of the molecule is COc1ccc(C2CC(=O)c3cc(-c4ccccc4O)oc3C2)cc1. The molecule has 1 aliphatic carbocycles. The van der Waals surface area contributed by atoms with E-state index >= 15 is 0 Å². The summed E-state index contributed by atoms with van der Waals surface area (Å²) in [5.41, 5.74) is 2.33. The highest BCUT2D eigenvalue weighted by atomic mass is 16.5. The fraction of sp³-hybridized carbons (Fsp3) is 0.190. The van der Waals surface area contributed by atoms with Crippen LogP contribution in [0.1, 0.15) is 34.0 Å². The van der Waals surface area contributed by atoms with E-state index in [1.54, 1.807) is 31.4 Å². The molecule has 0 aliphatic heterocycles. The maximum absolute atomic E-state index is 12.6. The molecule has 1 atom stereocenters. The Kier molecular flexibility index (Phi) is 3.80. The average Bonchev–Trinajstić information content (AvgIpc) is 3.07. The lowest BCUT2D eigenvalue weighted by molar-refractivity contribution is 0.0960. The quantitative estimate of drug-likeness (QED) is 0.762. The summed E-state index contributed by atoms with van der Waals surface area (Å²) in [6, 6.07) is 16.5. The van der Waals surface area contributed by atoms with Gasteiger partial charge in [0.15, 0.2) is 5.78 Å². The summed E-state index contributed by atoms with van der Waals surface area (Å²) in [6.45, 7) is 0. The molecule has 1 unspecified atom stereocenters. The highest BCUT2D eigenvalue weighted by Crippen LogP contribution is 2.39. The van der Waals surface area contributed by atoms with Crippen molar-refractivity contribution in [2.24, 2.45) is 0 Å². The maximum Gasteiger partial charge on any atom is 0.167 e. The number of methoxy groups -OCH3 is 1. The van der Waals surface area contributed by atoms with Crippen molar-refractivity contribution in [3.8, 4) is 22.8 Å². The monoisotopic (exact) mass is 334 g/mol. The number of hydrogen-bond acceptors (Lipinski definition) is 4. The number of aromatic hydroxyl groups is 1. The van der Waals surface area contributed by atoms with Crippen molar-refractivity contribution in [3.63, 3.8) is 0 Å². The number of carbonyl (C=O) groups excluding carboxylic acids is 1. The number of Topliss-reactive ketones (excluding diaryl/α,β-unsaturated/α-hetero) is 1. The Morgan fingerprint density at radius 3 is 2.52 bits per heavy atom. The lowest BCUT2D eigenvalue weighted by Gasteiger charge is -2.20. The number of hydrogen-bond donors (Lipinski definition) is 1. The van der Waals surface area contributed by atoms with Crippen LogP contribution in [0.15, 0.2) is 59.0 Å². The van der Waals surface area contributed by atoms with Gasteiger partial charge in [0.1, 0.15) is 23.0 Å². The minimum Gasteiger partial charge on any atom is -0.507 e. The van der Waals surface area contributed by atoms with Crippen LogP contribution in [0.4, 0.5) is 0 Å². The van der Waals surface area contributed by atoms with Crippen LogP contribution in [0.2, 0.25) is 0 Å². The van der Waals surface area contributed by atoms with E-state index in [-0.39, 0.29) is 17.5 Å². The number of rotatable bonds is 3. The molecule has 1 N–H and O–H groups in total. The summed E-state index contributed by atoms with van der Waals surface area (Å²) >= 11 is 0. The molecule has 0 fully saturated rings. The fourth-order valence-electron chi connectivity index (χ4n) is 3.37. The molecule has 4 nitrogen and oxygen atoms in total. The van der Waals surface area contributed by atoms with Crippen molar-refractivity contribution < 1.29 is 19.1 Å². The van der Waals surface area contributed by atoms with Gasteiger partial charge in [0, 0.05) is 12.8 Å². The summed E-state index contributed by atoms with van der Waals surface area (Å²) in [7, 11) is 1.63. The molecule has 3 aromatic rings.